The van der Waals surface area contributed by atoms with Crippen LogP contribution in [0.25, 0.3) is 0 Å². The van der Waals surface area contributed by atoms with Crippen LogP contribution in [0.2, 0.25) is 0 Å². The van der Waals surface area contributed by atoms with E-state index in [1.54, 1.807) is 6.92 Å². The van der Waals surface area contributed by atoms with Gasteiger partial charge in [0.05, 0.1) is 0 Å². The summed E-state index contributed by atoms with van der Waals surface area (Å²) in [5.74, 6) is 0.199. The van der Waals surface area contributed by atoms with Crippen molar-refractivity contribution in [2.45, 2.75) is 47.0 Å². The molecule has 0 bridgehead atoms. The Bertz CT molecular complexity index is 538. The Morgan fingerprint density at radius 1 is 1.29 bits per heavy atom. The van der Waals surface area contributed by atoms with Crippen molar-refractivity contribution in [2.75, 3.05) is 0 Å². The van der Waals surface area contributed by atoms with Crippen LogP contribution in [0.5, 0.6) is 0 Å². The molecule has 1 rings (SSSR count). The summed E-state index contributed by atoms with van der Waals surface area (Å²) in [4.78, 5) is 0. The molecule has 0 saturated heterocycles. The summed E-state index contributed by atoms with van der Waals surface area (Å²) in [6.07, 6.45) is 11.2. The third-order valence-electron chi connectivity index (χ3n) is 3.94. The molecule has 0 amide bonds. The lowest BCUT2D eigenvalue weighted by atomic mass is 9.88. The largest absolute Gasteiger partial charge is 0.206 e. The summed E-state index contributed by atoms with van der Waals surface area (Å²) in [6.45, 7) is 15.6. The molecule has 0 aromatic rings. The minimum atomic E-state index is -0.292. The maximum absolute atomic E-state index is 13.9. The fourth-order valence-corrected chi connectivity index (χ4v) is 2.29. The molecule has 0 aromatic carbocycles. The highest BCUT2D eigenvalue weighted by Gasteiger charge is 2.11. The van der Waals surface area contributed by atoms with Crippen molar-refractivity contribution >= 4 is 0 Å². The van der Waals surface area contributed by atoms with Gasteiger partial charge in [-0.3, -0.25) is 0 Å². The highest BCUT2D eigenvalue weighted by molar-refractivity contribution is 5.42. The third kappa shape index (κ3) is 5.71. The van der Waals surface area contributed by atoms with E-state index in [1.165, 1.54) is 17.2 Å². The van der Waals surface area contributed by atoms with E-state index >= 15 is 0 Å². The van der Waals surface area contributed by atoms with E-state index in [-0.39, 0.29) is 5.83 Å². The fourth-order valence-electron chi connectivity index (χ4n) is 2.29. The SMILES string of the molecule is C=C(C)/C=C(/F)C(=C)/C(C)=C/CC(C)C1=CC=C(C)CC1. The lowest BCUT2D eigenvalue weighted by Gasteiger charge is -2.18. The number of halogens is 1. The minimum absolute atomic E-state index is 0.292. The summed E-state index contributed by atoms with van der Waals surface area (Å²) in [6, 6.07) is 0. The minimum Gasteiger partial charge on any atom is -0.206 e. The number of rotatable bonds is 6. The monoisotopic (exact) mass is 286 g/mol. The van der Waals surface area contributed by atoms with Crippen molar-refractivity contribution < 1.29 is 4.39 Å². The molecule has 21 heavy (non-hydrogen) atoms. The van der Waals surface area contributed by atoms with Crippen LogP contribution in [0, 0.1) is 5.92 Å². The molecule has 0 fully saturated rings. The third-order valence-corrected chi connectivity index (χ3v) is 3.94. The second-order valence-corrected chi connectivity index (χ2v) is 6.10. The van der Waals surface area contributed by atoms with Gasteiger partial charge in [-0.05, 0) is 57.6 Å². The van der Waals surface area contributed by atoms with Crippen molar-refractivity contribution in [3.8, 4) is 0 Å². The van der Waals surface area contributed by atoms with Gasteiger partial charge in [0, 0.05) is 5.57 Å². The van der Waals surface area contributed by atoms with Crippen LogP contribution in [0.3, 0.4) is 0 Å². The molecular formula is C20H27F. The molecule has 0 radical (unpaired) electrons. The Morgan fingerprint density at radius 3 is 2.48 bits per heavy atom. The summed E-state index contributed by atoms with van der Waals surface area (Å²) >= 11 is 0. The predicted octanol–water partition coefficient (Wildman–Crippen LogP) is 6.61. The predicted molar refractivity (Wildman–Crippen MR) is 91.8 cm³/mol. The Balaban J connectivity index is 2.67. The van der Waals surface area contributed by atoms with Gasteiger partial charge in [0.15, 0.2) is 0 Å². The summed E-state index contributed by atoms with van der Waals surface area (Å²) < 4.78 is 13.9. The van der Waals surface area contributed by atoms with Crippen molar-refractivity contribution in [1.82, 2.24) is 0 Å². The standard InChI is InChI=1S/C20H27F/c1-14(2)13-20(21)18(6)16(4)9-10-17(5)19-11-7-15(3)8-12-19/h7,9,11,13,17H,1,6,8,10,12H2,2-5H3/b16-9+,20-13+. The zero-order valence-corrected chi connectivity index (χ0v) is 13.8. The van der Waals surface area contributed by atoms with E-state index in [9.17, 15) is 4.39 Å². The molecule has 0 spiro atoms. The van der Waals surface area contributed by atoms with Gasteiger partial charge in [-0.15, -0.1) is 0 Å². The van der Waals surface area contributed by atoms with Gasteiger partial charge in [-0.2, -0.15) is 0 Å². The first-order chi connectivity index (χ1) is 9.81. The van der Waals surface area contributed by atoms with Crippen molar-refractivity contribution in [3.63, 3.8) is 0 Å². The normalized spacial score (nSPS) is 18.0. The fraction of sp³-hybridized carbons (Fsp3) is 0.400. The number of allylic oxidation sites excluding steroid dienone is 10. The van der Waals surface area contributed by atoms with Crippen LogP contribution in [0.4, 0.5) is 4.39 Å². The van der Waals surface area contributed by atoms with Gasteiger partial charge in [0.25, 0.3) is 0 Å². The van der Waals surface area contributed by atoms with E-state index in [0.717, 1.165) is 24.8 Å². The molecule has 1 heteroatoms. The molecular weight excluding hydrogens is 259 g/mol. The van der Waals surface area contributed by atoms with Gasteiger partial charge in [-0.1, -0.05) is 55.0 Å². The van der Waals surface area contributed by atoms with E-state index in [4.69, 9.17) is 0 Å². The van der Waals surface area contributed by atoms with Crippen LogP contribution in [-0.4, -0.2) is 0 Å². The van der Waals surface area contributed by atoms with Crippen molar-refractivity contribution in [1.29, 1.82) is 0 Å². The zero-order valence-electron chi connectivity index (χ0n) is 13.8. The Morgan fingerprint density at radius 2 is 1.95 bits per heavy atom. The van der Waals surface area contributed by atoms with Crippen LogP contribution < -0.4 is 0 Å². The highest BCUT2D eigenvalue weighted by atomic mass is 19.1. The summed E-state index contributed by atoms with van der Waals surface area (Å²) in [5, 5.41) is 0. The van der Waals surface area contributed by atoms with Crippen molar-refractivity contribution in [3.05, 3.63) is 71.2 Å². The Kier molecular flexibility index (Phi) is 6.61. The quantitative estimate of drug-likeness (QED) is 0.482. The Labute approximate surface area is 129 Å². The average molecular weight is 286 g/mol. The molecule has 0 aliphatic heterocycles. The lowest BCUT2D eigenvalue weighted by molar-refractivity contribution is 0.640. The topological polar surface area (TPSA) is 0 Å². The molecule has 0 heterocycles. The van der Waals surface area contributed by atoms with Gasteiger partial charge in [0.1, 0.15) is 5.83 Å². The molecule has 1 aliphatic rings. The first kappa shape index (κ1) is 17.4. The molecule has 114 valence electrons. The Hall–Kier alpha value is -1.63. The second-order valence-electron chi connectivity index (χ2n) is 6.10. The van der Waals surface area contributed by atoms with Crippen LogP contribution in [0.15, 0.2) is 71.2 Å². The van der Waals surface area contributed by atoms with E-state index < -0.39 is 0 Å². The van der Waals surface area contributed by atoms with E-state index in [1.807, 2.05) is 6.92 Å². The maximum Gasteiger partial charge on any atom is 0.130 e. The van der Waals surface area contributed by atoms with Crippen molar-refractivity contribution in [2.24, 2.45) is 5.92 Å². The molecule has 1 unspecified atom stereocenters. The summed E-state index contributed by atoms with van der Waals surface area (Å²) in [7, 11) is 0. The van der Waals surface area contributed by atoms with Gasteiger partial charge in [-0.25, -0.2) is 4.39 Å². The zero-order chi connectivity index (χ0) is 16.0. The molecule has 1 atom stereocenters. The highest BCUT2D eigenvalue weighted by Crippen LogP contribution is 2.28. The van der Waals surface area contributed by atoms with E-state index in [0.29, 0.717) is 17.1 Å². The molecule has 0 N–H and O–H groups in total. The number of hydrogen-bond donors (Lipinski definition) is 0. The van der Waals surface area contributed by atoms with Crippen LogP contribution in [-0.2, 0) is 0 Å². The smallest absolute Gasteiger partial charge is 0.130 e. The van der Waals surface area contributed by atoms with Crippen LogP contribution in [0.1, 0.15) is 47.0 Å². The number of hydrogen-bond acceptors (Lipinski definition) is 0. The van der Waals surface area contributed by atoms with Gasteiger partial charge < -0.3 is 0 Å². The molecule has 0 aromatic heterocycles. The lowest BCUT2D eigenvalue weighted by Crippen LogP contribution is -2.02. The average Bonchev–Trinajstić information content (AvgIpc) is 2.43. The summed E-state index contributed by atoms with van der Waals surface area (Å²) in [5.41, 5.74) is 4.98. The molecule has 0 saturated carbocycles. The first-order valence-corrected chi connectivity index (χ1v) is 7.56. The van der Waals surface area contributed by atoms with Gasteiger partial charge in [0.2, 0.25) is 0 Å². The molecule has 0 nitrogen and oxygen atoms in total. The maximum atomic E-state index is 13.9. The first-order valence-electron chi connectivity index (χ1n) is 7.56. The van der Waals surface area contributed by atoms with Gasteiger partial charge >= 0.3 is 0 Å². The second kappa shape index (κ2) is 7.97. The molecule has 1 aliphatic carbocycles. The van der Waals surface area contributed by atoms with Crippen LogP contribution >= 0.6 is 0 Å². The van der Waals surface area contributed by atoms with E-state index in [2.05, 4.69) is 45.2 Å².